The Bertz CT molecular complexity index is 1630. The van der Waals surface area contributed by atoms with Gasteiger partial charge in [-0.1, -0.05) is 100 Å². The fourth-order valence-corrected chi connectivity index (χ4v) is 6.21. The van der Waals surface area contributed by atoms with E-state index in [0.29, 0.717) is 11.8 Å². The molecule has 0 saturated carbocycles. The maximum atomic E-state index is 5.35. The number of nitrogens with zero attached hydrogens (tertiary/aromatic N) is 1. The molecule has 43 heavy (non-hydrogen) atoms. The summed E-state index contributed by atoms with van der Waals surface area (Å²) in [5, 5.41) is 8.82. The van der Waals surface area contributed by atoms with Crippen molar-refractivity contribution in [3.8, 4) is 11.3 Å². The number of anilines is 3. The quantitative estimate of drug-likeness (QED) is 0.164. The van der Waals surface area contributed by atoms with E-state index in [2.05, 4.69) is 145 Å². The zero-order chi connectivity index (χ0) is 30.3. The Hall–Kier alpha value is -3.24. The van der Waals surface area contributed by atoms with E-state index in [1.165, 1.54) is 39.9 Å². The second-order valence-electron chi connectivity index (χ2n) is 12.2. The summed E-state index contributed by atoms with van der Waals surface area (Å²) in [4.78, 5) is 5.35. The molecule has 0 spiro atoms. The Morgan fingerprint density at radius 3 is 2.12 bits per heavy atom. The summed E-state index contributed by atoms with van der Waals surface area (Å²) in [6.45, 7) is 9.07. The zero-order valence-corrected chi connectivity index (χ0v) is 30.1. The first kappa shape index (κ1) is 31.2. The van der Waals surface area contributed by atoms with Crippen molar-refractivity contribution in [3.63, 3.8) is 0 Å². The van der Waals surface area contributed by atoms with Crippen molar-refractivity contribution in [2.24, 2.45) is 0 Å². The molecule has 1 heterocycles. The van der Waals surface area contributed by atoms with E-state index in [4.69, 9.17) is 4.98 Å². The van der Waals surface area contributed by atoms with Crippen molar-refractivity contribution < 1.29 is 22.9 Å². The summed E-state index contributed by atoms with van der Waals surface area (Å²) < 4.78 is 4.64. The Labute approximate surface area is 269 Å². The third-order valence-corrected chi connectivity index (χ3v) is 8.23. The molecule has 0 aliphatic heterocycles. The number of aryl methyl sites for hydroxylation is 1. The monoisotopic (exact) mass is 735 g/mol. The first-order chi connectivity index (χ1) is 20.9. The van der Waals surface area contributed by atoms with Gasteiger partial charge in [-0.15, -0.1) is 0 Å². The van der Waals surface area contributed by atoms with Crippen LogP contribution in [0.3, 0.4) is 0 Å². The topological polar surface area (TPSA) is 37.0 Å². The molecule has 1 aliphatic rings. The van der Waals surface area contributed by atoms with Gasteiger partial charge in [0.05, 0.1) is 22.9 Å². The zero-order valence-electron chi connectivity index (χ0n) is 26.5. The average Bonchev–Trinajstić information content (AvgIpc) is 3.01. The number of aromatic nitrogens is 1. The standard InChI is InChI=1S/C37H39N3.2CH3.Hf/c1-24(2)29-17-11-18-30(25(3)4)37(29)40-34-21-10-14-27-22-23-32(39-36(27)34)31-19-8-12-26-13-9-20-33(35(26)31)38-28-15-6-5-7-16-28;;;/h5-8,10-12,14-19,21-25,33,38,40H,9,13,20H2,1-4H3;2*1H3;. The van der Waals surface area contributed by atoms with Gasteiger partial charge in [0.15, 0.2) is 0 Å². The Kier molecular flexibility index (Phi) is 10.5. The van der Waals surface area contributed by atoms with Gasteiger partial charge in [-0.05, 0) is 77.6 Å². The van der Waals surface area contributed by atoms with Gasteiger partial charge >= 0.3 is 32.3 Å². The van der Waals surface area contributed by atoms with Crippen LogP contribution in [0.25, 0.3) is 22.2 Å². The van der Waals surface area contributed by atoms with E-state index in [0.717, 1.165) is 40.8 Å². The first-order valence-electron chi connectivity index (χ1n) is 15.7. The van der Waals surface area contributed by atoms with Crippen molar-refractivity contribution in [1.29, 1.82) is 0 Å². The summed E-state index contributed by atoms with van der Waals surface area (Å²) in [6.07, 6.45) is 3.41. The summed E-state index contributed by atoms with van der Waals surface area (Å²) in [7, 11) is 0. The van der Waals surface area contributed by atoms with Crippen LogP contribution in [0.1, 0.15) is 80.7 Å². The normalized spacial score (nSPS) is 14.2. The summed E-state index contributed by atoms with van der Waals surface area (Å²) >= 11 is 0.0833. The van der Waals surface area contributed by atoms with Crippen molar-refractivity contribution in [3.05, 3.63) is 119 Å². The predicted molar refractivity (Wildman–Crippen MR) is 183 cm³/mol. The third kappa shape index (κ3) is 7.12. The molecule has 4 aromatic carbocycles. The van der Waals surface area contributed by atoms with Crippen LogP contribution in [0, 0.1) is 0 Å². The van der Waals surface area contributed by atoms with Crippen molar-refractivity contribution in [1.82, 2.24) is 4.98 Å². The number of para-hydroxylation sites is 3. The number of hydrogen-bond donors (Lipinski definition) is 2. The van der Waals surface area contributed by atoms with Gasteiger partial charge in [0.2, 0.25) is 0 Å². The van der Waals surface area contributed by atoms with E-state index in [9.17, 15) is 0 Å². The number of fused-ring (bicyclic) bond motifs is 2. The molecule has 6 rings (SSSR count). The molecule has 2 N–H and O–H groups in total. The number of benzene rings is 4. The van der Waals surface area contributed by atoms with E-state index in [1.807, 2.05) is 0 Å². The van der Waals surface area contributed by atoms with Gasteiger partial charge in [0.1, 0.15) is 0 Å². The molecule has 3 nitrogen and oxygen atoms in total. The predicted octanol–water partition coefficient (Wildman–Crippen LogP) is 11.5. The molecule has 1 unspecified atom stereocenters. The van der Waals surface area contributed by atoms with Crippen LogP contribution in [-0.4, -0.2) is 4.98 Å². The molecule has 0 bridgehead atoms. The van der Waals surface area contributed by atoms with Crippen LogP contribution in [0.15, 0.2) is 97.1 Å². The van der Waals surface area contributed by atoms with E-state index < -0.39 is 0 Å². The van der Waals surface area contributed by atoms with Crippen LogP contribution in [0.4, 0.5) is 17.1 Å². The Morgan fingerprint density at radius 2 is 1.42 bits per heavy atom. The maximum absolute atomic E-state index is 5.35. The van der Waals surface area contributed by atoms with Gasteiger partial charge in [-0.3, -0.25) is 0 Å². The molecule has 5 aromatic rings. The summed E-state index contributed by atoms with van der Waals surface area (Å²) in [6, 6.07) is 35.1. The second-order valence-corrected chi connectivity index (χ2v) is 15.7. The van der Waals surface area contributed by atoms with Gasteiger partial charge in [0, 0.05) is 22.3 Å². The van der Waals surface area contributed by atoms with Crippen molar-refractivity contribution in [2.45, 2.75) is 74.2 Å². The molecule has 4 heteroatoms. The number of rotatable bonds is 7. The van der Waals surface area contributed by atoms with Crippen LogP contribution >= 0.6 is 0 Å². The number of hydrogen-bond acceptors (Lipinski definition) is 3. The number of pyridine rings is 1. The third-order valence-electron chi connectivity index (χ3n) is 8.23. The molecule has 1 aliphatic carbocycles. The molecular formula is C39H45HfN3. The van der Waals surface area contributed by atoms with Gasteiger partial charge < -0.3 is 10.6 Å². The Morgan fingerprint density at radius 1 is 0.744 bits per heavy atom. The summed E-state index contributed by atoms with van der Waals surface area (Å²) in [5.74, 6) is 0.842. The van der Waals surface area contributed by atoms with E-state index >= 15 is 0 Å². The minimum atomic E-state index is 0.0833. The molecule has 1 aromatic heterocycles. The molecule has 0 saturated heterocycles. The van der Waals surface area contributed by atoms with Crippen LogP contribution in [-0.2, 0) is 29.3 Å². The molecule has 0 radical (unpaired) electrons. The van der Waals surface area contributed by atoms with Gasteiger partial charge in [-0.25, -0.2) is 4.98 Å². The van der Waals surface area contributed by atoms with Crippen LogP contribution < -0.4 is 10.6 Å². The fraction of sp³-hybridized carbons (Fsp3) is 0.308. The fourth-order valence-electron chi connectivity index (χ4n) is 6.21. The number of nitrogens with one attached hydrogen (secondary N) is 2. The molecular weight excluding hydrogens is 689 g/mol. The molecule has 0 amide bonds. The second kappa shape index (κ2) is 14.5. The SMILES string of the molecule is CC(C)c1cccc(C(C)C)c1Nc1cccc2ccc(-c3cccc4c3C(Nc3ccccc3)CCC4)nc12.[CH3][Hf][CH3]. The van der Waals surface area contributed by atoms with Gasteiger partial charge in [-0.2, -0.15) is 0 Å². The van der Waals surface area contributed by atoms with E-state index in [1.54, 1.807) is 0 Å². The van der Waals surface area contributed by atoms with E-state index in [-0.39, 0.29) is 28.9 Å². The van der Waals surface area contributed by atoms with Crippen molar-refractivity contribution in [2.75, 3.05) is 10.6 Å². The summed E-state index contributed by atoms with van der Waals surface area (Å²) in [5.41, 5.74) is 12.2. The van der Waals surface area contributed by atoms with Crippen LogP contribution in [0.5, 0.6) is 0 Å². The first-order valence-corrected chi connectivity index (χ1v) is 22.9. The van der Waals surface area contributed by atoms with Gasteiger partial charge in [0.25, 0.3) is 0 Å². The molecule has 1 atom stereocenters. The minimum absolute atomic E-state index is 0.0833. The molecule has 220 valence electrons. The average molecular weight is 734 g/mol. The van der Waals surface area contributed by atoms with Crippen LogP contribution in [0.2, 0.25) is 9.36 Å². The Balaban J connectivity index is 0.00000118. The van der Waals surface area contributed by atoms with Crippen molar-refractivity contribution >= 4 is 28.0 Å². The molecule has 0 fully saturated rings.